The Morgan fingerprint density at radius 2 is 2.04 bits per heavy atom. The van der Waals surface area contributed by atoms with Crippen molar-refractivity contribution < 1.29 is 18.3 Å². The maximum absolute atomic E-state index is 13.2. The van der Waals surface area contributed by atoms with Crippen molar-refractivity contribution in [1.82, 2.24) is 24.6 Å². The first-order valence-electron chi connectivity index (χ1n) is 8.30. The minimum atomic E-state index is -3.63. The van der Waals surface area contributed by atoms with E-state index >= 15 is 0 Å². The Hall–Kier alpha value is -2.94. The second-order valence-corrected chi connectivity index (χ2v) is 6.19. The van der Waals surface area contributed by atoms with E-state index < -0.39 is 6.29 Å². The van der Waals surface area contributed by atoms with Crippen LogP contribution in [0.2, 0.25) is 0 Å². The number of alkyl halides is 2. The summed E-state index contributed by atoms with van der Waals surface area (Å²) in [7, 11) is 0. The van der Waals surface area contributed by atoms with Gasteiger partial charge in [0.1, 0.15) is 5.69 Å². The Balaban J connectivity index is 1.53. The number of nitrogens with one attached hydrogen (secondary N) is 1. The fraction of sp³-hybridized carbons (Fsp3) is 0.294. The first-order chi connectivity index (χ1) is 12.6. The molecular formula is C17H15F2N5O2. The van der Waals surface area contributed by atoms with Gasteiger partial charge in [0.15, 0.2) is 17.3 Å². The Morgan fingerprint density at radius 1 is 1.15 bits per heavy atom. The number of imidazole rings is 1. The Kier molecular flexibility index (Phi) is 3.26. The van der Waals surface area contributed by atoms with E-state index in [0.717, 1.165) is 37.4 Å². The van der Waals surface area contributed by atoms with E-state index in [1.54, 1.807) is 23.0 Å². The van der Waals surface area contributed by atoms with Gasteiger partial charge >= 0.3 is 6.29 Å². The molecule has 2 aliphatic heterocycles. The molecule has 2 aromatic heterocycles. The standard InChI is InChI=1S/C17H15F2N5O2/c18-17(19)25-14-3-2-11(9-15(14)26-17)23-7-5-21-16(23)13-8-12-10-20-4-1-6-24(12)22-13/h2-3,5,7-9,20H,1,4,6,10H2. The zero-order chi connectivity index (χ0) is 17.7. The van der Waals surface area contributed by atoms with Gasteiger partial charge in [-0.2, -0.15) is 5.10 Å². The molecule has 7 nitrogen and oxygen atoms in total. The molecule has 0 unspecified atom stereocenters. The zero-order valence-corrected chi connectivity index (χ0v) is 13.7. The second-order valence-electron chi connectivity index (χ2n) is 6.19. The van der Waals surface area contributed by atoms with E-state index in [1.165, 1.54) is 12.1 Å². The van der Waals surface area contributed by atoms with Crippen LogP contribution in [0.1, 0.15) is 12.1 Å². The smallest absolute Gasteiger partial charge is 0.395 e. The summed E-state index contributed by atoms with van der Waals surface area (Å²) in [4.78, 5) is 4.40. The Bertz CT molecular complexity index is 958. The number of fused-ring (bicyclic) bond motifs is 2. The van der Waals surface area contributed by atoms with E-state index in [9.17, 15) is 8.78 Å². The summed E-state index contributed by atoms with van der Waals surface area (Å²) in [6, 6.07) is 6.64. The molecule has 2 aliphatic rings. The van der Waals surface area contributed by atoms with Gasteiger partial charge < -0.3 is 14.8 Å². The van der Waals surface area contributed by atoms with Crippen LogP contribution in [0.4, 0.5) is 8.78 Å². The van der Waals surface area contributed by atoms with Gasteiger partial charge in [-0.05, 0) is 31.2 Å². The third-order valence-corrected chi connectivity index (χ3v) is 4.43. The minimum Gasteiger partial charge on any atom is -0.395 e. The lowest BCUT2D eigenvalue weighted by Crippen LogP contribution is -2.25. The number of aromatic nitrogens is 4. The maximum atomic E-state index is 13.2. The number of aryl methyl sites for hydroxylation is 1. The van der Waals surface area contributed by atoms with E-state index in [1.807, 2.05) is 10.7 Å². The lowest BCUT2D eigenvalue weighted by Gasteiger charge is -2.07. The minimum absolute atomic E-state index is 0.00280. The summed E-state index contributed by atoms with van der Waals surface area (Å²) in [6.07, 6.45) is 0.789. The molecule has 0 bridgehead atoms. The van der Waals surface area contributed by atoms with Crippen LogP contribution in [0.25, 0.3) is 17.2 Å². The van der Waals surface area contributed by atoms with E-state index in [4.69, 9.17) is 0 Å². The van der Waals surface area contributed by atoms with Crippen LogP contribution in [0, 0.1) is 0 Å². The van der Waals surface area contributed by atoms with Crippen molar-refractivity contribution in [3.63, 3.8) is 0 Å². The Morgan fingerprint density at radius 3 is 2.96 bits per heavy atom. The van der Waals surface area contributed by atoms with Crippen molar-refractivity contribution in [3.05, 3.63) is 42.4 Å². The summed E-state index contributed by atoms with van der Waals surface area (Å²) >= 11 is 0. The second kappa shape index (κ2) is 5.53. The molecule has 0 fully saturated rings. The number of rotatable bonds is 2. The van der Waals surface area contributed by atoms with Crippen LogP contribution < -0.4 is 14.8 Å². The highest BCUT2D eigenvalue weighted by Gasteiger charge is 2.43. The first-order valence-corrected chi connectivity index (χ1v) is 8.30. The van der Waals surface area contributed by atoms with Crippen molar-refractivity contribution in [2.45, 2.75) is 25.8 Å². The molecule has 0 radical (unpaired) electrons. The molecule has 0 amide bonds. The van der Waals surface area contributed by atoms with Crippen LogP contribution >= 0.6 is 0 Å². The van der Waals surface area contributed by atoms with Crippen molar-refractivity contribution >= 4 is 0 Å². The number of hydrogen-bond donors (Lipinski definition) is 1. The van der Waals surface area contributed by atoms with Gasteiger partial charge in [-0.3, -0.25) is 9.25 Å². The predicted octanol–water partition coefficient (Wildman–Crippen LogP) is 2.55. The van der Waals surface area contributed by atoms with Crippen molar-refractivity contribution in [1.29, 1.82) is 0 Å². The Labute approximate surface area is 147 Å². The third kappa shape index (κ3) is 2.51. The molecule has 1 aromatic carbocycles. The molecule has 0 atom stereocenters. The fourth-order valence-corrected chi connectivity index (χ4v) is 3.26. The molecule has 9 heteroatoms. The van der Waals surface area contributed by atoms with Gasteiger partial charge in [0.2, 0.25) is 0 Å². The molecule has 3 aromatic rings. The van der Waals surface area contributed by atoms with Crippen LogP contribution in [-0.2, 0) is 13.1 Å². The van der Waals surface area contributed by atoms with Crippen LogP contribution in [0.3, 0.4) is 0 Å². The molecule has 5 rings (SSSR count). The number of benzene rings is 1. The average molecular weight is 359 g/mol. The number of hydrogen-bond acceptors (Lipinski definition) is 5. The van der Waals surface area contributed by atoms with Crippen LogP contribution in [0.5, 0.6) is 11.5 Å². The first kappa shape index (κ1) is 15.3. The van der Waals surface area contributed by atoms with E-state index in [-0.39, 0.29) is 11.5 Å². The summed E-state index contributed by atoms with van der Waals surface area (Å²) in [5.74, 6) is 0.647. The lowest BCUT2D eigenvalue weighted by atomic mass is 10.2. The topological polar surface area (TPSA) is 66.1 Å². The highest BCUT2D eigenvalue weighted by atomic mass is 19.3. The normalized spacial score (nSPS) is 17.8. The van der Waals surface area contributed by atoms with Gasteiger partial charge in [0.05, 0.1) is 11.4 Å². The fourth-order valence-electron chi connectivity index (χ4n) is 3.26. The molecule has 0 spiro atoms. The lowest BCUT2D eigenvalue weighted by molar-refractivity contribution is -0.286. The number of halogens is 2. The number of ether oxygens (including phenoxy) is 2. The zero-order valence-electron chi connectivity index (χ0n) is 13.7. The average Bonchev–Trinajstić information content (AvgIpc) is 3.26. The van der Waals surface area contributed by atoms with Gasteiger partial charge in [0.25, 0.3) is 0 Å². The molecule has 4 heterocycles. The highest BCUT2D eigenvalue weighted by Crippen LogP contribution is 2.42. The summed E-state index contributed by atoms with van der Waals surface area (Å²) in [5, 5.41) is 8.01. The SMILES string of the molecule is FC1(F)Oc2ccc(-n3ccnc3-c3cc4n(n3)CCCNC4)cc2O1. The molecule has 0 saturated carbocycles. The molecule has 0 saturated heterocycles. The highest BCUT2D eigenvalue weighted by molar-refractivity contribution is 5.58. The maximum Gasteiger partial charge on any atom is 0.586 e. The number of nitrogens with zero attached hydrogens (tertiary/aromatic N) is 4. The monoisotopic (exact) mass is 359 g/mol. The van der Waals surface area contributed by atoms with Crippen LogP contribution in [0.15, 0.2) is 36.7 Å². The summed E-state index contributed by atoms with van der Waals surface area (Å²) < 4.78 is 39.2. The molecular weight excluding hydrogens is 344 g/mol. The van der Waals surface area contributed by atoms with E-state index in [2.05, 4.69) is 24.9 Å². The molecule has 26 heavy (non-hydrogen) atoms. The van der Waals surface area contributed by atoms with E-state index in [0.29, 0.717) is 11.5 Å². The van der Waals surface area contributed by atoms with Gasteiger partial charge in [-0.15, -0.1) is 8.78 Å². The van der Waals surface area contributed by atoms with Crippen LogP contribution in [-0.4, -0.2) is 32.2 Å². The third-order valence-electron chi connectivity index (χ3n) is 4.43. The molecule has 0 aliphatic carbocycles. The van der Waals surface area contributed by atoms with Crippen molar-refractivity contribution in [2.75, 3.05) is 6.54 Å². The molecule has 1 N–H and O–H groups in total. The quantitative estimate of drug-likeness (QED) is 0.762. The van der Waals surface area contributed by atoms with Gasteiger partial charge in [0, 0.05) is 31.5 Å². The predicted molar refractivity (Wildman–Crippen MR) is 87.3 cm³/mol. The van der Waals surface area contributed by atoms with Gasteiger partial charge in [-0.25, -0.2) is 4.98 Å². The van der Waals surface area contributed by atoms with Crippen molar-refractivity contribution in [2.24, 2.45) is 0 Å². The van der Waals surface area contributed by atoms with Crippen molar-refractivity contribution in [3.8, 4) is 28.7 Å². The summed E-state index contributed by atoms with van der Waals surface area (Å²) in [5.41, 5.74) is 2.47. The van der Waals surface area contributed by atoms with Gasteiger partial charge in [-0.1, -0.05) is 0 Å². The summed E-state index contributed by atoms with van der Waals surface area (Å²) in [6.45, 7) is 2.57. The molecule has 134 valence electrons. The largest absolute Gasteiger partial charge is 0.586 e.